The summed E-state index contributed by atoms with van der Waals surface area (Å²) in [4.78, 5) is 7.00. The van der Waals surface area contributed by atoms with Crippen LogP contribution in [0.1, 0.15) is 31.2 Å². The summed E-state index contributed by atoms with van der Waals surface area (Å²) < 4.78 is 0. The summed E-state index contributed by atoms with van der Waals surface area (Å²) in [5.41, 5.74) is 1.39. The molecule has 0 spiro atoms. The number of hydrogen-bond acceptors (Lipinski definition) is 3. The van der Waals surface area contributed by atoms with Gasteiger partial charge in [0, 0.05) is 19.3 Å². The number of aromatic nitrogens is 1. The van der Waals surface area contributed by atoms with Crippen molar-refractivity contribution in [2.75, 3.05) is 23.7 Å². The predicted octanol–water partition coefficient (Wildman–Crippen LogP) is 2.93. The summed E-state index contributed by atoms with van der Waals surface area (Å²) in [7, 11) is 0. The summed E-state index contributed by atoms with van der Waals surface area (Å²) in [6.07, 6.45) is 8.13. The summed E-state index contributed by atoms with van der Waals surface area (Å²) >= 11 is 4.28. The van der Waals surface area contributed by atoms with Gasteiger partial charge in [0.25, 0.3) is 0 Å². The van der Waals surface area contributed by atoms with Crippen LogP contribution in [0.5, 0.6) is 0 Å². The molecule has 0 amide bonds. The monoisotopic (exact) mass is 236 g/mol. The summed E-state index contributed by atoms with van der Waals surface area (Å²) in [5.74, 6) is 2.16. The molecule has 0 aliphatic carbocycles. The number of rotatable bonds is 4. The molecule has 1 fully saturated rings. The highest BCUT2D eigenvalue weighted by Gasteiger charge is 2.14. The second-order valence-corrected chi connectivity index (χ2v) is 4.81. The van der Waals surface area contributed by atoms with E-state index < -0.39 is 0 Å². The highest BCUT2D eigenvalue weighted by atomic mass is 32.1. The van der Waals surface area contributed by atoms with Crippen LogP contribution in [-0.2, 0) is 6.42 Å². The molecule has 1 aliphatic rings. The Bertz CT molecular complexity index is 321. The highest BCUT2D eigenvalue weighted by Crippen LogP contribution is 2.22. The maximum atomic E-state index is 4.56. The van der Waals surface area contributed by atoms with Gasteiger partial charge in [-0.3, -0.25) is 0 Å². The van der Waals surface area contributed by atoms with Crippen LogP contribution in [-0.4, -0.2) is 23.8 Å². The van der Waals surface area contributed by atoms with Crippen molar-refractivity contribution in [1.82, 2.24) is 4.98 Å². The van der Waals surface area contributed by atoms with E-state index in [4.69, 9.17) is 0 Å². The molecule has 2 rings (SSSR count). The first-order valence-corrected chi connectivity index (χ1v) is 6.85. The lowest BCUT2D eigenvalue weighted by atomic mass is 10.1. The average Bonchev–Trinajstić information content (AvgIpc) is 2.38. The molecular formula is C13H20N2S. The van der Waals surface area contributed by atoms with E-state index in [2.05, 4.69) is 28.6 Å². The van der Waals surface area contributed by atoms with Gasteiger partial charge in [0.15, 0.2) is 0 Å². The van der Waals surface area contributed by atoms with Gasteiger partial charge in [-0.25, -0.2) is 4.98 Å². The molecule has 0 radical (unpaired) electrons. The Morgan fingerprint density at radius 1 is 1.25 bits per heavy atom. The van der Waals surface area contributed by atoms with Crippen LogP contribution >= 0.6 is 12.6 Å². The molecule has 2 heterocycles. The number of thiol groups is 1. The van der Waals surface area contributed by atoms with Crippen molar-refractivity contribution in [1.29, 1.82) is 0 Å². The largest absolute Gasteiger partial charge is 0.356 e. The second-order valence-electron chi connectivity index (χ2n) is 4.36. The fourth-order valence-corrected chi connectivity index (χ4v) is 2.44. The quantitative estimate of drug-likeness (QED) is 0.809. The number of nitrogens with zero attached hydrogens (tertiary/aromatic N) is 2. The van der Waals surface area contributed by atoms with Crippen LogP contribution in [0.25, 0.3) is 0 Å². The van der Waals surface area contributed by atoms with E-state index in [0.29, 0.717) is 0 Å². The molecule has 0 atom stereocenters. The standard InChI is InChI=1S/C13H20N2S/c16-11-5-7-12-6-4-8-14-13(12)15-9-2-1-3-10-15/h4,6,8,16H,1-3,5,7,9-11H2. The molecule has 16 heavy (non-hydrogen) atoms. The topological polar surface area (TPSA) is 16.1 Å². The summed E-state index contributed by atoms with van der Waals surface area (Å²) in [5, 5.41) is 0. The highest BCUT2D eigenvalue weighted by molar-refractivity contribution is 7.80. The van der Waals surface area contributed by atoms with E-state index in [1.54, 1.807) is 0 Å². The molecule has 1 aromatic heterocycles. The number of anilines is 1. The Morgan fingerprint density at radius 3 is 2.81 bits per heavy atom. The molecule has 0 bridgehead atoms. The molecule has 0 saturated carbocycles. The lowest BCUT2D eigenvalue weighted by molar-refractivity contribution is 0.571. The molecule has 0 N–H and O–H groups in total. The van der Waals surface area contributed by atoms with Gasteiger partial charge in [0.2, 0.25) is 0 Å². The minimum atomic E-state index is 0.953. The van der Waals surface area contributed by atoms with Gasteiger partial charge < -0.3 is 4.90 Å². The lowest BCUT2D eigenvalue weighted by Crippen LogP contribution is -2.31. The Hall–Kier alpha value is -0.700. The van der Waals surface area contributed by atoms with Crippen LogP contribution in [0.3, 0.4) is 0 Å². The van der Waals surface area contributed by atoms with Crippen molar-refractivity contribution in [3.05, 3.63) is 23.9 Å². The van der Waals surface area contributed by atoms with E-state index in [-0.39, 0.29) is 0 Å². The lowest BCUT2D eigenvalue weighted by Gasteiger charge is -2.29. The fraction of sp³-hybridized carbons (Fsp3) is 0.615. The van der Waals surface area contributed by atoms with E-state index in [0.717, 1.165) is 18.6 Å². The van der Waals surface area contributed by atoms with Crippen molar-refractivity contribution in [3.8, 4) is 0 Å². The van der Waals surface area contributed by atoms with Crippen molar-refractivity contribution in [2.45, 2.75) is 32.1 Å². The van der Waals surface area contributed by atoms with Crippen LogP contribution in [0.4, 0.5) is 5.82 Å². The van der Waals surface area contributed by atoms with E-state index >= 15 is 0 Å². The van der Waals surface area contributed by atoms with Crippen molar-refractivity contribution in [2.24, 2.45) is 0 Å². The molecular weight excluding hydrogens is 216 g/mol. The molecule has 0 aromatic carbocycles. The van der Waals surface area contributed by atoms with Crippen LogP contribution in [0.15, 0.2) is 18.3 Å². The normalized spacial score (nSPS) is 16.4. The van der Waals surface area contributed by atoms with Gasteiger partial charge in [-0.2, -0.15) is 12.6 Å². The summed E-state index contributed by atoms with van der Waals surface area (Å²) in [6.45, 7) is 2.34. The summed E-state index contributed by atoms with van der Waals surface area (Å²) in [6, 6.07) is 4.25. The van der Waals surface area contributed by atoms with Crippen molar-refractivity contribution < 1.29 is 0 Å². The van der Waals surface area contributed by atoms with Crippen LogP contribution < -0.4 is 4.90 Å². The van der Waals surface area contributed by atoms with Crippen LogP contribution in [0, 0.1) is 0 Å². The van der Waals surface area contributed by atoms with E-state index in [9.17, 15) is 0 Å². The number of pyridine rings is 1. The van der Waals surface area contributed by atoms with Crippen molar-refractivity contribution in [3.63, 3.8) is 0 Å². The zero-order valence-corrected chi connectivity index (χ0v) is 10.6. The average molecular weight is 236 g/mol. The van der Waals surface area contributed by atoms with Gasteiger partial charge in [0.05, 0.1) is 0 Å². The molecule has 3 heteroatoms. The molecule has 88 valence electrons. The van der Waals surface area contributed by atoms with Gasteiger partial charge >= 0.3 is 0 Å². The second kappa shape index (κ2) is 6.14. The minimum absolute atomic E-state index is 0.953. The van der Waals surface area contributed by atoms with Crippen LogP contribution in [0.2, 0.25) is 0 Å². The predicted molar refractivity (Wildman–Crippen MR) is 72.5 cm³/mol. The first-order chi connectivity index (χ1) is 7.92. The van der Waals surface area contributed by atoms with E-state index in [1.165, 1.54) is 43.7 Å². The maximum absolute atomic E-state index is 4.56. The third-order valence-electron chi connectivity index (χ3n) is 3.13. The Kier molecular flexibility index (Phi) is 4.52. The van der Waals surface area contributed by atoms with Gasteiger partial charge in [-0.15, -0.1) is 0 Å². The number of aryl methyl sites for hydroxylation is 1. The van der Waals surface area contributed by atoms with Gasteiger partial charge in [0.1, 0.15) is 5.82 Å². The Balaban J connectivity index is 2.11. The molecule has 1 saturated heterocycles. The fourth-order valence-electron chi connectivity index (χ4n) is 2.29. The molecule has 2 nitrogen and oxygen atoms in total. The molecule has 1 aliphatic heterocycles. The number of hydrogen-bond donors (Lipinski definition) is 1. The van der Waals surface area contributed by atoms with E-state index in [1.807, 2.05) is 12.3 Å². The first kappa shape index (κ1) is 11.8. The SMILES string of the molecule is SCCCc1cccnc1N1CCCCC1. The Morgan fingerprint density at radius 2 is 2.06 bits per heavy atom. The third-order valence-corrected chi connectivity index (χ3v) is 3.44. The van der Waals surface area contributed by atoms with Gasteiger partial charge in [-0.1, -0.05) is 6.07 Å². The number of piperidine rings is 1. The molecule has 1 aromatic rings. The molecule has 0 unspecified atom stereocenters. The smallest absolute Gasteiger partial charge is 0.131 e. The zero-order chi connectivity index (χ0) is 11.2. The zero-order valence-electron chi connectivity index (χ0n) is 9.73. The maximum Gasteiger partial charge on any atom is 0.131 e. The van der Waals surface area contributed by atoms with Crippen molar-refractivity contribution >= 4 is 18.4 Å². The first-order valence-electron chi connectivity index (χ1n) is 6.21. The van der Waals surface area contributed by atoms with Gasteiger partial charge in [-0.05, 0) is 49.5 Å². The third kappa shape index (κ3) is 2.91. The Labute approximate surface area is 103 Å². The minimum Gasteiger partial charge on any atom is -0.356 e.